The van der Waals surface area contributed by atoms with Gasteiger partial charge in [-0.3, -0.25) is 24.6 Å². The lowest BCUT2D eigenvalue weighted by Crippen LogP contribution is -2.52. The van der Waals surface area contributed by atoms with Crippen molar-refractivity contribution in [1.82, 2.24) is 15.4 Å². The lowest BCUT2D eigenvalue weighted by molar-refractivity contribution is -0.147. The lowest BCUT2D eigenvalue weighted by Gasteiger charge is -2.37. The molecule has 2 fully saturated rings. The highest BCUT2D eigenvalue weighted by molar-refractivity contribution is 5.99. The molecule has 8 heteroatoms. The molecule has 1 aliphatic heterocycles. The summed E-state index contributed by atoms with van der Waals surface area (Å²) in [5.41, 5.74) is 1.45. The molecule has 0 radical (unpaired) electrons. The number of carbonyl (C=O) groups is 3. The molecule has 0 unspecified atom stereocenters. The molecule has 3 amide bonds. The molecule has 1 aromatic rings. The van der Waals surface area contributed by atoms with E-state index in [1.807, 2.05) is 13.8 Å². The molecule has 1 saturated carbocycles. The summed E-state index contributed by atoms with van der Waals surface area (Å²) in [5, 5.41) is 12.0. The molecule has 1 aromatic heterocycles. The third kappa shape index (κ3) is 5.42. The summed E-state index contributed by atoms with van der Waals surface area (Å²) >= 11 is 0. The number of hydrogen-bond acceptors (Lipinski definition) is 5. The SMILES string of the molecule is CC(C)C[C@@]1(CC(=O)NO)CCN([C@@H](C(=O)Nc2ccncc2)C2CCCCC2)C1=O. The topological polar surface area (TPSA) is 112 Å². The smallest absolute Gasteiger partial charge is 0.247 e. The first-order valence-electron chi connectivity index (χ1n) is 11.3. The van der Waals surface area contributed by atoms with E-state index in [0.29, 0.717) is 25.1 Å². The van der Waals surface area contributed by atoms with Gasteiger partial charge in [0.2, 0.25) is 17.7 Å². The minimum atomic E-state index is -0.884. The van der Waals surface area contributed by atoms with E-state index in [-0.39, 0.29) is 30.1 Å². The monoisotopic (exact) mass is 430 g/mol. The van der Waals surface area contributed by atoms with Gasteiger partial charge in [0.1, 0.15) is 6.04 Å². The summed E-state index contributed by atoms with van der Waals surface area (Å²) in [5.74, 6) is -0.592. The van der Waals surface area contributed by atoms with E-state index in [1.54, 1.807) is 34.9 Å². The minimum absolute atomic E-state index is 0.0691. The number of pyridine rings is 1. The van der Waals surface area contributed by atoms with Gasteiger partial charge in [-0.2, -0.15) is 0 Å². The van der Waals surface area contributed by atoms with Crippen molar-refractivity contribution in [2.45, 2.75) is 71.3 Å². The van der Waals surface area contributed by atoms with Gasteiger partial charge >= 0.3 is 0 Å². The molecule has 3 rings (SSSR count). The van der Waals surface area contributed by atoms with Crippen LogP contribution in [-0.2, 0) is 14.4 Å². The highest BCUT2D eigenvalue weighted by Crippen LogP contribution is 2.44. The minimum Gasteiger partial charge on any atom is -0.330 e. The van der Waals surface area contributed by atoms with Gasteiger partial charge in [0.15, 0.2) is 0 Å². The van der Waals surface area contributed by atoms with Crippen LogP contribution >= 0.6 is 0 Å². The largest absolute Gasteiger partial charge is 0.330 e. The van der Waals surface area contributed by atoms with Gasteiger partial charge in [-0.05, 0) is 49.7 Å². The molecule has 1 aliphatic carbocycles. The van der Waals surface area contributed by atoms with Crippen molar-refractivity contribution in [3.8, 4) is 0 Å². The average molecular weight is 431 g/mol. The van der Waals surface area contributed by atoms with Crippen molar-refractivity contribution >= 4 is 23.4 Å². The molecular formula is C23H34N4O4. The zero-order valence-corrected chi connectivity index (χ0v) is 18.5. The van der Waals surface area contributed by atoms with Crippen LogP contribution in [0.1, 0.15) is 65.2 Å². The van der Waals surface area contributed by atoms with E-state index in [4.69, 9.17) is 5.21 Å². The number of hydrogen-bond donors (Lipinski definition) is 3. The summed E-state index contributed by atoms with van der Waals surface area (Å²) < 4.78 is 0. The van der Waals surface area contributed by atoms with Gasteiger partial charge in [0, 0.05) is 31.0 Å². The molecule has 170 valence electrons. The predicted octanol–water partition coefficient (Wildman–Crippen LogP) is 3.13. The Bertz CT molecular complexity index is 779. The summed E-state index contributed by atoms with van der Waals surface area (Å²) in [6, 6.07) is 2.90. The number of nitrogens with one attached hydrogen (secondary N) is 2. The maximum absolute atomic E-state index is 13.7. The quantitative estimate of drug-likeness (QED) is 0.433. The number of anilines is 1. The van der Waals surface area contributed by atoms with Crippen molar-refractivity contribution in [3.05, 3.63) is 24.5 Å². The second kappa shape index (κ2) is 10.2. The standard InChI is InChI=1S/C23H34N4O4/c1-16(2)14-23(15-19(28)26-31)10-13-27(22(23)30)20(17-6-4-3-5-7-17)21(29)25-18-8-11-24-12-9-18/h8-9,11-12,16-17,20,31H,3-7,10,13-15H2,1-2H3,(H,26,28)(H,24,25,29)/t20-,23-/m1/s1. The number of rotatable bonds is 8. The molecule has 2 heterocycles. The van der Waals surface area contributed by atoms with E-state index in [2.05, 4.69) is 10.3 Å². The Labute approximate surface area is 183 Å². The number of likely N-dealkylation sites (tertiary alicyclic amines) is 1. The first-order valence-corrected chi connectivity index (χ1v) is 11.3. The highest BCUT2D eigenvalue weighted by atomic mass is 16.5. The normalized spacial score (nSPS) is 23.1. The van der Waals surface area contributed by atoms with Crippen LogP contribution in [0.25, 0.3) is 0 Å². The van der Waals surface area contributed by atoms with Crippen LogP contribution in [0.2, 0.25) is 0 Å². The molecule has 2 aliphatic rings. The average Bonchev–Trinajstić information content (AvgIpc) is 3.05. The van der Waals surface area contributed by atoms with Gasteiger partial charge in [0.05, 0.1) is 5.41 Å². The molecule has 8 nitrogen and oxygen atoms in total. The fourth-order valence-electron chi connectivity index (χ4n) is 5.38. The summed E-state index contributed by atoms with van der Waals surface area (Å²) in [6.07, 6.45) is 9.28. The number of carbonyl (C=O) groups excluding carboxylic acids is 3. The van der Waals surface area contributed by atoms with Gasteiger partial charge in [-0.15, -0.1) is 0 Å². The number of hydroxylamine groups is 1. The van der Waals surface area contributed by atoms with E-state index < -0.39 is 17.4 Å². The van der Waals surface area contributed by atoms with E-state index in [1.165, 1.54) is 0 Å². The van der Waals surface area contributed by atoms with Gasteiger partial charge < -0.3 is 10.2 Å². The van der Waals surface area contributed by atoms with Crippen LogP contribution < -0.4 is 10.8 Å². The van der Waals surface area contributed by atoms with Crippen LogP contribution in [0.3, 0.4) is 0 Å². The van der Waals surface area contributed by atoms with Crippen LogP contribution in [0, 0.1) is 17.3 Å². The van der Waals surface area contributed by atoms with Crippen LogP contribution in [0.5, 0.6) is 0 Å². The maximum Gasteiger partial charge on any atom is 0.247 e. The molecule has 31 heavy (non-hydrogen) atoms. The number of aromatic nitrogens is 1. The van der Waals surface area contributed by atoms with Gasteiger partial charge in [-0.25, -0.2) is 5.48 Å². The third-order valence-electron chi connectivity index (χ3n) is 6.62. The van der Waals surface area contributed by atoms with E-state index in [9.17, 15) is 14.4 Å². The second-order valence-corrected chi connectivity index (χ2v) is 9.41. The highest BCUT2D eigenvalue weighted by Gasteiger charge is 2.52. The summed E-state index contributed by atoms with van der Waals surface area (Å²) in [6.45, 7) is 4.47. The van der Waals surface area contributed by atoms with Crippen molar-refractivity contribution in [3.63, 3.8) is 0 Å². The second-order valence-electron chi connectivity index (χ2n) is 9.41. The Kier molecular flexibility index (Phi) is 7.64. The first-order chi connectivity index (χ1) is 14.9. The molecule has 0 bridgehead atoms. The van der Waals surface area contributed by atoms with Crippen LogP contribution in [-0.4, -0.2) is 45.4 Å². The Morgan fingerprint density at radius 3 is 2.52 bits per heavy atom. The lowest BCUT2D eigenvalue weighted by atomic mass is 9.75. The van der Waals surface area contributed by atoms with Crippen LogP contribution in [0.15, 0.2) is 24.5 Å². The predicted molar refractivity (Wildman–Crippen MR) is 116 cm³/mol. The van der Waals surface area contributed by atoms with Gasteiger partial charge in [-0.1, -0.05) is 33.1 Å². The Hall–Kier alpha value is -2.48. The van der Waals surface area contributed by atoms with Crippen LogP contribution in [0.4, 0.5) is 5.69 Å². The molecule has 0 aromatic carbocycles. The first kappa shape index (κ1) is 23.2. The van der Waals surface area contributed by atoms with Gasteiger partial charge in [0.25, 0.3) is 0 Å². The zero-order chi connectivity index (χ0) is 22.4. The fraction of sp³-hybridized carbons (Fsp3) is 0.652. The molecule has 1 saturated heterocycles. The Morgan fingerprint density at radius 1 is 1.23 bits per heavy atom. The van der Waals surface area contributed by atoms with E-state index in [0.717, 1.165) is 32.1 Å². The van der Waals surface area contributed by atoms with Crippen molar-refractivity contribution in [1.29, 1.82) is 0 Å². The fourth-order valence-corrected chi connectivity index (χ4v) is 5.38. The van der Waals surface area contributed by atoms with E-state index >= 15 is 0 Å². The number of amides is 3. The molecule has 2 atom stereocenters. The number of nitrogens with zero attached hydrogens (tertiary/aromatic N) is 2. The molecule has 0 spiro atoms. The zero-order valence-electron chi connectivity index (χ0n) is 18.5. The molecular weight excluding hydrogens is 396 g/mol. The summed E-state index contributed by atoms with van der Waals surface area (Å²) in [7, 11) is 0. The maximum atomic E-state index is 13.7. The summed E-state index contributed by atoms with van der Waals surface area (Å²) in [4.78, 5) is 44.9. The van der Waals surface area contributed by atoms with Crippen molar-refractivity contribution in [2.24, 2.45) is 17.3 Å². The van der Waals surface area contributed by atoms with Crippen molar-refractivity contribution < 1.29 is 19.6 Å². The third-order valence-corrected chi connectivity index (χ3v) is 6.62. The Balaban J connectivity index is 1.88. The molecule has 3 N–H and O–H groups in total. The van der Waals surface area contributed by atoms with Crippen molar-refractivity contribution in [2.75, 3.05) is 11.9 Å². The Morgan fingerprint density at radius 2 is 1.90 bits per heavy atom.